The molecule has 2 bridgehead atoms. The molecule has 1 fully saturated rings. The number of fused-ring (bicyclic) bond motifs is 2. The second kappa shape index (κ2) is 9.27. The highest BCUT2D eigenvalue weighted by molar-refractivity contribution is 9.10. The number of nitrogens with one attached hydrogen (secondary N) is 1. The van der Waals surface area contributed by atoms with Gasteiger partial charge in [-0.15, -0.1) is 0 Å². The molecule has 2 N–H and O–H groups in total. The number of rotatable bonds is 10. The average molecular weight is 468 g/mol. The summed E-state index contributed by atoms with van der Waals surface area (Å²) in [5, 5.41) is 8.68. The van der Waals surface area contributed by atoms with Gasteiger partial charge in [-0.3, -0.25) is 9.52 Å². The Morgan fingerprint density at radius 3 is 2.86 bits per heavy atom. The van der Waals surface area contributed by atoms with Crippen LogP contribution >= 0.6 is 15.9 Å². The van der Waals surface area contributed by atoms with Crippen molar-refractivity contribution in [1.29, 1.82) is 0 Å². The van der Waals surface area contributed by atoms with E-state index in [0.717, 1.165) is 41.4 Å². The Kier molecular flexibility index (Phi) is 6.99. The van der Waals surface area contributed by atoms with Gasteiger partial charge in [0.25, 0.3) is 0 Å². The Hall–Kier alpha value is -1.60. The molecule has 7 heteroatoms. The van der Waals surface area contributed by atoms with E-state index >= 15 is 0 Å². The molecule has 2 aliphatic carbocycles. The maximum Gasteiger partial charge on any atom is 0.303 e. The third-order valence-electron chi connectivity index (χ3n) is 5.38. The number of unbranched alkanes of at least 4 members (excludes halogenated alkanes) is 1. The predicted molar refractivity (Wildman–Crippen MR) is 113 cm³/mol. The number of carboxylic acids is 1. The molecule has 28 heavy (non-hydrogen) atoms. The fraction of sp³-hybridized carbons (Fsp3) is 0.476. The average Bonchev–Trinajstić information content (AvgIpc) is 3.19. The quantitative estimate of drug-likeness (QED) is 0.394. The molecule has 1 saturated carbocycles. The van der Waals surface area contributed by atoms with E-state index in [-0.39, 0.29) is 18.1 Å². The molecule has 2 aliphatic rings. The highest BCUT2D eigenvalue weighted by Gasteiger charge is 2.37. The molecule has 1 aromatic carbocycles. The molecule has 0 aliphatic heterocycles. The molecule has 0 heterocycles. The molecule has 1 aromatic rings. The maximum absolute atomic E-state index is 12.6. The molecule has 0 amide bonds. The number of hydrogen-bond donors (Lipinski definition) is 2. The lowest BCUT2D eigenvalue weighted by Crippen LogP contribution is -2.28. The van der Waals surface area contributed by atoms with Crippen molar-refractivity contribution >= 4 is 31.9 Å². The fourth-order valence-electron chi connectivity index (χ4n) is 4.09. The molecular weight excluding hydrogens is 442 g/mol. The smallest absolute Gasteiger partial charge is 0.303 e. The van der Waals surface area contributed by atoms with Crippen molar-refractivity contribution in [3.8, 4) is 0 Å². The highest BCUT2D eigenvalue weighted by atomic mass is 79.9. The molecule has 152 valence electrons. The summed E-state index contributed by atoms with van der Waals surface area (Å²) >= 11 is 3.41. The molecule has 5 nitrogen and oxygen atoms in total. The summed E-state index contributed by atoms with van der Waals surface area (Å²) < 4.78 is 28.9. The fourth-order valence-corrected chi connectivity index (χ4v) is 5.73. The van der Waals surface area contributed by atoms with Crippen LogP contribution in [0.25, 0.3) is 0 Å². The van der Waals surface area contributed by atoms with Crippen molar-refractivity contribution < 1.29 is 18.3 Å². The van der Waals surface area contributed by atoms with Crippen molar-refractivity contribution in [2.75, 3.05) is 5.75 Å². The minimum atomic E-state index is -3.37. The van der Waals surface area contributed by atoms with Crippen LogP contribution in [-0.2, 0) is 21.2 Å². The van der Waals surface area contributed by atoms with Gasteiger partial charge in [-0.1, -0.05) is 40.2 Å². The summed E-state index contributed by atoms with van der Waals surface area (Å²) in [7, 11) is -3.37. The first kappa shape index (κ1) is 21.1. The normalized spacial score (nSPS) is 21.6. The summed E-state index contributed by atoms with van der Waals surface area (Å²) in [5.41, 5.74) is 3.09. The van der Waals surface area contributed by atoms with E-state index in [0.29, 0.717) is 18.8 Å². The van der Waals surface area contributed by atoms with Gasteiger partial charge in [0.15, 0.2) is 0 Å². The molecule has 2 atom stereocenters. The first-order chi connectivity index (χ1) is 13.3. The SMILES string of the molecule is O=C(O)CCCC=CC1CC2CC(NS(=O)(=O)CCc3cccc(Br)c3)=C1C2. The zero-order chi connectivity index (χ0) is 20.1. The standard InChI is InChI=1S/C21H26BrNO4S/c22-18-7-4-5-15(12-18)9-10-28(26,27)23-20-14-16-11-17(19(20)13-16)6-2-1-3-8-21(24)25/h2,4-7,12,16-17,23H,1,3,8-11,13-14H2,(H,24,25). The Labute approximate surface area is 175 Å². The van der Waals surface area contributed by atoms with E-state index in [1.165, 1.54) is 5.57 Å². The van der Waals surface area contributed by atoms with Crippen LogP contribution in [-0.4, -0.2) is 25.2 Å². The molecule has 0 spiro atoms. The van der Waals surface area contributed by atoms with E-state index in [4.69, 9.17) is 5.11 Å². The second-order valence-corrected chi connectivity index (χ2v) is 10.4. The number of carboxylic acid groups (broad SMARTS) is 1. The van der Waals surface area contributed by atoms with E-state index in [2.05, 4.69) is 26.7 Å². The minimum absolute atomic E-state index is 0.0700. The molecular formula is C21H26BrNO4S. The van der Waals surface area contributed by atoms with Crippen molar-refractivity contribution in [3.63, 3.8) is 0 Å². The number of allylic oxidation sites excluding steroid dienone is 4. The number of carbonyl (C=O) groups is 1. The van der Waals surface area contributed by atoms with Gasteiger partial charge >= 0.3 is 5.97 Å². The summed E-state index contributed by atoms with van der Waals surface area (Å²) in [6.07, 6.45) is 9.06. The van der Waals surface area contributed by atoms with Crippen LogP contribution in [0.5, 0.6) is 0 Å². The van der Waals surface area contributed by atoms with Gasteiger partial charge in [-0.25, -0.2) is 8.42 Å². The molecule has 0 saturated heterocycles. The largest absolute Gasteiger partial charge is 0.481 e. The molecule has 3 rings (SSSR count). The minimum Gasteiger partial charge on any atom is -0.481 e. The van der Waals surface area contributed by atoms with Gasteiger partial charge < -0.3 is 5.11 Å². The van der Waals surface area contributed by atoms with Crippen LogP contribution in [0.2, 0.25) is 0 Å². The Morgan fingerprint density at radius 1 is 1.32 bits per heavy atom. The van der Waals surface area contributed by atoms with Gasteiger partial charge in [0.1, 0.15) is 0 Å². The number of hydrogen-bond acceptors (Lipinski definition) is 3. The summed E-state index contributed by atoms with van der Waals surface area (Å²) in [6, 6.07) is 7.71. The molecule has 2 unspecified atom stereocenters. The van der Waals surface area contributed by atoms with E-state index in [1.807, 2.05) is 30.3 Å². The third kappa shape index (κ3) is 5.95. The third-order valence-corrected chi connectivity index (χ3v) is 7.17. The lowest BCUT2D eigenvalue weighted by molar-refractivity contribution is -0.137. The number of sulfonamides is 1. The topological polar surface area (TPSA) is 83.5 Å². The van der Waals surface area contributed by atoms with Gasteiger partial charge in [0.05, 0.1) is 5.75 Å². The van der Waals surface area contributed by atoms with Crippen molar-refractivity contribution in [1.82, 2.24) is 4.72 Å². The Morgan fingerprint density at radius 2 is 2.14 bits per heavy atom. The second-order valence-electron chi connectivity index (χ2n) is 7.64. The highest BCUT2D eigenvalue weighted by Crippen LogP contribution is 2.47. The van der Waals surface area contributed by atoms with Crippen LogP contribution in [0.4, 0.5) is 0 Å². The van der Waals surface area contributed by atoms with Gasteiger partial charge in [-0.05, 0) is 67.7 Å². The summed E-state index contributed by atoms with van der Waals surface area (Å²) in [4.78, 5) is 10.6. The zero-order valence-corrected chi connectivity index (χ0v) is 18.1. The lowest BCUT2D eigenvalue weighted by atomic mass is 9.93. The van der Waals surface area contributed by atoms with Crippen molar-refractivity contribution in [2.45, 2.75) is 44.9 Å². The van der Waals surface area contributed by atoms with E-state index in [1.54, 1.807) is 0 Å². The number of halogens is 1. The van der Waals surface area contributed by atoms with Crippen molar-refractivity contribution in [3.05, 3.63) is 57.7 Å². The number of aryl methyl sites for hydroxylation is 1. The molecule has 0 aromatic heterocycles. The van der Waals surface area contributed by atoms with Crippen LogP contribution < -0.4 is 4.72 Å². The predicted octanol–water partition coefficient (Wildman–Crippen LogP) is 4.41. The first-order valence-electron chi connectivity index (χ1n) is 9.68. The van der Waals surface area contributed by atoms with Crippen molar-refractivity contribution in [2.24, 2.45) is 11.8 Å². The van der Waals surface area contributed by atoms with E-state index in [9.17, 15) is 13.2 Å². The number of benzene rings is 1. The van der Waals surface area contributed by atoms with Crippen LogP contribution in [0.1, 0.15) is 44.1 Å². The Balaban J connectivity index is 1.56. The van der Waals surface area contributed by atoms with Gasteiger partial charge in [-0.2, -0.15) is 0 Å². The number of aliphatic carboxylic acids is 1. The van der Waals surface area contributed by atoms with Gasteiger partial charge in [0.2, 0.25) is 10.0 Å². The van der Waals surface area contributed by atoms with Crippen LogP contribution in [0, 0.1) is 11.8 Å². The van der Waals surface area contributed by atoms with Crippen LogP contribution in [0.3, 0.4) is 0 Å². The zero-order valence-electron chi connectivity index (χ0n) is 15.7. The van der Waals surface area contributed by atoms with E-state index < -0.39 is 16.0 Å². The lowest BCUT2D eigenvalue weighted by Gasteiger charge is -2.19. The Bertz CT molecular complexity index is 891. The summed E-state index contributed by atoms with van der Waals surface area (Å²) in [6.45, 7) is 0. The monoisotopic (exact) mass is 467 g/mol. The molecule has 0 radical (unpaired) electrons. The van der Waals surface area contributed by atoms with Crippen LogP contribution in [0.15, 0.2) is 52.2 Å². The maximum atomic E-state index is 12.6. The van der Waals surface area contributed by atoms with Gasteiger partial charge in [0, 0.05) is 22.5 Å². The summed E-state index contributed by atoms with van der Waals surface area (Å²) in [5.74, 6) is 0.106. The first-order valence-corrected chi connectivity index (χ1v) is 12.1.